The Hall–Kier alpha value is -2.42. The number of H-pyrrole nitrogens is 1. The minimum absolute atomic E-state index is 0.228. The van der Waals surface area contributed by atoms with Gasteiger partial charge in [0.2, 0.25) is 0 Å². The molecule has 0 bridgehead atoms. The second-order valence-electron chi connectivity index (χ2n) is 8.87. The van der Waals surface area contributed by atoms with Crippen molar-refractivity contribution in [3.63, 3.8) is 0 Å². The van der Waals surface area contributed by atoms with Crippen LogP contribution in [0.15, 0.2) is 59.3 Å². The molecule has 0 amide bonds. The Morgan fingerprint density at radius 1 is 1.09 bits per heavy atom. The highest BCUT2D eigenvalue weighted by Crippen LogP contribution is 2.30. The molecule has 1 atom stereocenters. The highest BCUT2D eigenvalue weighted by molar-refractivity contribution is 6.15. The van der Waals surface area contributed by atoms with Crippen molar-refractivity contribution in [3.05, 3.63) is 65.7 Å². The van der Waals surface area contributed by atoms with Crippen LogP contribution in [0.3, 0.4) is 0 Å². The molecule has 0 aliphatic heterocycles. The van der Waals surface area contributed by atoms with Gasteiger partial charge in [0.05, 0.1) is 5.71 Å². The summed E-state index contributed by atoms with van der Waals surface area (Å²) in [5.74, 6) is 1.72. The van der Waals surface area contributed by atoms with E-state index in [4.69, 9.17) is 0 Å². The Bertz CT molecular complexity index is 968. The summed E-state index contributed by atoms with van der Waals surface area (Å²) < 4.78 is 13.2. The number of rotatable bonds is 8. The first kappa shape index (κ1) is 25.8. The molecule has 1 aromatic heterocycles. The van der Waals surface area contributed by atoms with Crippen LogP contribution in [0.5, 0.6) is 0 Å². The zero-order chi connectivity index (χ0) is 23.5. The fourth-order valence-electron chi connectivity index (χ4n) is 4.43. The van der Waals surface area contributed by atoms with Crippen LogP contribution in [0.4, 0.5) is 4.39 Å². The molecular formula is C29H41FN2. The molecule has 1 aliphatic rings. The summed E-state index contributed by atoms with van der Waals surface area (Å²) in [6.07, 6.45) is 18.5. The lowest BCUT2D eigenvalue weighted by molar-refractivity contribution is 0.339. The SMILES string of the molecule is C/C=C1/C=C(c2c[nH]c3cc(F)ccc23)C=CC1=NC.CCCC(CCC)CC(C)CC. The van der Waals surface area contributed by atoms with Gasteiger partial charge < -0.3 is 4.98 Å². The van der Waals surface area contributed by atoms with Gasteiger partial charge in [0, 0.05) is 29.7 Å². The molecule has 1 N–H and O–H groups in total. The number of nitrogens with one attached hydrogen (secondary N) is 1. The van der Waals surface area contributed by atoms with Crippen LogP contribution in [0.1, 0.15) is 78.7 Å². The highest BCUT2D eigenvalue weighted by atomic mass is 19.1. The molecular weight excluding hydrogens is 395 g/mol. The summed E-state index contributed by atoms with van der Waals surface area (Å²) >= 11 is 0. The Kier molecular flexibility index (Phi) is 10.7. The lowest BCUT2D eigenvalue weighted by atomic mass is 9.88. The van der Waals surface area contributed by atoms with Gasteiger partial charge in [-0.15, -0.1) is 0 Å². The molecule has 2 nitrogen and oxygen atoms in total. The fraction of sp³-hybridized carbons (Fsp3) is 0.483. The van der Waals surface area contributed by atoms with Gasteiger partial charge in [0.15, 0.2) is 0 Å². The molecule has 174 valence electrons. The summed E-state index contributed by atoms with van der Waals surface area (Å²) in [6, 6.07) is 4.81. The largest absolute Gasteiger partial charge is 0.360 e. The van der Waals surface area contributed by atoms with Crippen molar-refractivity contribution >= 4 is 22.2 Å². The van der Waals surface area contributed by atoms with E-state index < -0.39 is 0 Å². The Balaban J connectivity index is 0.000000262. The Morgan fingerprint density at radius 2 is 1.81 bits per heavy atom. The van der Waals surface area contributed by atoms with Gasteiger partial charge in [-0.1, -0.05) is 72.0 Å². The summed E-state index contributed by atoms with van der Waals surface area (Å²) in [4.78, 5) is 7.37. The predicted molar refractivity (Wildman–Crippen MR) is 140 cm³/mol. The van der Waals surface area contributed by atoms with Gasteiger partial charge in [0.25, 0.3) is 0 Å². The zero-order valence-electron chi connectivity index (χ0n) is 20.8. The van der Waals surface area contributed by atoms with E-state index >= 15 is 0 Å². The standard InChI is InChI=1S/C17H15FN2.C12H26/c1-3-11-8-12(4-7-16(11)19-2)15-10-20-17-9-13(18)5-6-14(15)17;1-5-8-12(9-6-2)10-11(4)7-3/h3-10,20H,1-2H3;11-12H,5-10H2,1-4H3/b11-3-,19-16?;. The van der Waals surface area contributed by atoms with E-state index in [-0.39, 0.29) is 5.82 Å². The van der Waals surface area contributed by atoms with Gasteiger partial charge in [-0.25, -0.2) is 4.39 Å². The number of aromatic amines is 1. The molecule has 1 unspecified atom stereocenters. The van der Waals surface area contributed by atoms with E-state index in [1.807, 2.05) is 37.4 Å². The first-order chi connectivity index (χ1) is 15.5. The maximum absolute atomic E-state index is 13.2. The lowest BCUT2D eigenvalue weighted by Gasteiger charge is -2.18. The quantitative estimate of drug-likeness (QED) is 0.428. The third-order valence-electron chi connectivity index (χ3n) is 6.36. The Labute approximate surface area is 194 Å². The molecule has 0 radical (unpaired) electrons. The number of halogens is 1. The van der Waals surface area contributed by atoms with E-state index in [2.05, 4.69) is 43.7 Å². The van der Waals surface area contributed by atoms with E-state index in [1.54, 1.807) is 7.05 Å². The van der Waals surface area contributed by atoms with Crippen LogP contribution in [0.2, 0.25) is 0 Å². The van der Waals surface area contributed by atoms with Crippen molar-refractivity contribution in [2.24, 2.45) is 16.8 Å². The molecule has 2 aromatic rings. The minimum atomic E-state index is -0.228. The molecule has 0 saturated carbocycles. The monoisotopic (exact) mass is 436 g/mol. The molecule has 0 fully saturated rings. The lowest BCUT2D eigenvalue weighted by Crippen LogP contribution is -2.05. The number of fused-ring (bicyclic) bond motifs is 1. The third-order valence-corrected chi connectivity index (χ3v) is 6.36. The molecule has 1 aliphatic carbocycles. The molecule has 0 spiro atoms. The predicted octanol–water partition coefficient (Wildman–Crippen LogP) is 8.92. The van der Waals surface area contributed by atoms with E-state index in [0.717, 1.165) is 45.2 Å². The summed E-state index contributed by atoms with van der Waals surface area (Å²) in [5, 5.41) is 1.02. The molecule has 1 aromatic carbocycles. The van der Waals surface area contributed by atoms with Gasteiger partial charge >= 0.3 is 0 Å². The second kappa shape index (κ2) is 13.2. The highest BCUT2D eigenvalue weighted by Gasteiger charge is 2.13. The summed E-state index contributed by atoms with van der Waals surface area (Å²) in [5.41, 5.74) is 5.06. The number of hydrogen-bond acceptors (Lipinski definition) is 1. The van der Waals surface area contributed by atoms with Crippen LogP contribution in [-0.4, -0.2) is 17.7 Å². The first-order valence-corrected chi connectivity index (χ1v) is 12.3. The van der Waals surface area contributed by atoms with Gasteiger partial charge in [0.1, 0.15) is 5.82 Å². The number of aromatic nitrogens is 1. The molecule has 3 heteroatoms. The third kappa shape index (κ3) is 7.05. The number of benzene rings is 1. The first-order valence-electron chi connectivity index (χ1n) is 12.3. The van der Waals surface area contributed by atoms with Crippen molar-refractivity contribution in [2.45, 2.75) is 73.1 Å². The number of nitrogens with zero attached hydrogens (tertiary/aromatic N) is 1. The van der Waals surface area contributed by atoms with Gasteiger partial charge in [-0.05, 0) is 66.7 Å². The van der Waals surface area contributed by atoms with Crippen molar-refractivity contribution in [1.82, 2.24) is 4.98 Å². The van der Waals surface area contributed by atoms with E-state index in [0.29, 0.717) is 0 Å². The maximum atomic E-state index is 13.2. The number of allylic oxidation sites excluding steroid dienone is 6. The van der Waals surface area contributed by atoms with E-state index in [9.17, 15) is 4.39 Å². The van der Waals surface area contributed by atoms with Crippen molar-refractivity contribution in [1.29, 1.82) is 0 Å². The smallest absolute Gasteiger partial charge is 0.125 e. The average Bonchev–Trinajstić information content (AvgIpc) is 3.22. The topological polar surface area (TPSA) is 28.1 Å². The molecule has 0 saturated heterocycles. The van der Waals surface area contributed by atoms with Gasteiger partial charge in [-0.2, -0.15) is 0 Å². The van der Waals surface area contributed by atoms with Crippen LogP contribution in [0.25, 0.3) is 16.5 Å². The minimum Gasteiger partial charge on any atom is -0.360 e. The Morgan fingerprint density at radius 3 is 2.41 bits per heavy atom. The van der Waals surface area contributed by atoms with Crippen molar-refractivity contribution < 1.29 is 4.39 Å². The summed E-state index contributed by atoms with van der Waals surface area (Å²) in [7, 11) is 1.79. The van der Waals surface area contributed by atoms with Gasteiger partial charge in [-0.3, -0.25) is 4.99 Å². The summed E-state index contributed by atoms with van der Waals surface area (Å²) in [6.45, 7) is 11.3. The van der Waals surface area contributed by atoms with Crippen molar-refractivity contribution in [2.75, 3.05) is 7.05 Å². The number of hydrogen-bond donors (Lipinski definition) is 1. The molecule has 1 heterocycles. The fourth-order valence-corrected chi connectivity index (χ4v) is 4.43. The van der Waals surface area contributed by atoms with Crippen molar-refractivity contribution in [3.8, 4) is 0 Å². The van der Waals surface area contributed by atoms with Crippen LogP contribution in [-0.2, 0) is 0 Å². The van der Waals surface area contributed by atoms with E-state index in [1.165, 1.54) is 50.7 Å². The zero-order valence-corrected chi connectivity index (χ0v) is 20.8. The average molecular weight is 437 g/mol. The normalized spacial score (nSPS) is 17.1. The number of aliphatic imine (C=N–C) groups is 1. The molecule has 3 rings (SSSR count). The second-order valence-corrected chi connectivity index (χ2v) is 8.87. The van der Waals surface area contributed by atoms with Crippen LogP contribution >= 0.6 is 0 Å². The maximum Gasteiger partial charge on any atom is 0.125 e. The van der Waals surface area contributed by atoms with Crippen LogP contribution in [0, 0.1) is 17.7 Å². The molecule has 32 heavy (non-hydrogen) atoms. The van der Waals surface area contributed by atoms with Crippen LogP contribution < -0.4 is 0 Å².